The number of anilines is 1. The van der Waals surface area contributed by atoms with Crippen LogP contribution in [0.5, 0.6) is 0 Å². The molecule has 0 aliphatic carbocycles. The van der Waals surface area contributed by atoms with Crippen molar-refractivity contribution in [1.29, 1.82) is 0 Å². The normalized spacial score (nSPS) is 24.1. The van der Waals surface area contributed by atoms with Gasteiger partial charge < -0.3 is 9.47 Å². The van der Waals surface area contributed by atoms with Gasteiger partial charge in [-0.15, -0.1) is 0 Å². The van der Waals surface area contributed by atoms with Crippen molar-refractivity contribution in [3.63, 3.8) is 0 Å². The lowest BCUT2D eigenvalue weighted by atomic mass is 10.0. The summed E-state index contributed by atoms with van der Waals surface area (Å²) < 4.78 is 66.7. The minimum absolute atomic E-state index is 0.0561. The minimum atomic E-state index is -3.21. The van der Waals surface area contributed by atoms with Gasteiger partial charge in [-0.2, -0.15) is 10.2 Å². The molecule has 1 aliphatic heterocycles. The van der Waals surface area contributed by atoms with Crippen LogP contribution < -0.4 is 4.90 Å². The SMILES string of the molecule is [2H]C1([2H])N(c2cc(C(=O)Cc3cc4cc(-c5cnc(C)n5C)ccc4nn3)ccn2)C([2H])([2H])C([2H])([2H])C1([2H])[2H]. The summed E-state index contributed by atoms with van der Waals surface area (Å²) in [5.74, 6) is 0.0298. The molecule has 7 heteroatoms. The number of carbonyl (C=O) groups is 1. The van der Waals surface area contributed by atoms with E-state index in [4.69, 9.17) is 11.0 Å². The highest BCUT2D eigenvalue weighted by Gasteiger charge is 2.16. The van der Waals surface area contributed by atoms with Crippen LogP contribution in [0.15, 0.2) is 48.8 Å². The number of ketones is 1. The second-order valence-electron chi connectivity index (χ2n) is 7.17. The molecule has 156 valence electrons. The molecule has 0 N–H and O–H groups in total. The van der Waals surface area contributed by atoms with Gasteiger partial charge in [0.25, 0.3) is 0 Å². The Bertz CT molecular complexity index is 1590. The number of Topliss-reactive ketones (excluding diaryl/α,β-unsaturated/α-hetero) is 1. The first-order valence-electron chi connectivity index (χ1n) is 13.6. The average Bonchev–Trinajstić information content (AvgIpc) is 3.23. The number of fused-ring (bicyclic) bond motifs is 1. The van der Waals surface area contributed by atoms with Gasteiger partial charge in [-0.25, -0.2) is 9.97 Å². The third-order valence-corrected chi connectivity index (χ3v) is 5.19. The largest absolute Gasteiger partial charge is 0.357 e. The quantitative estimate of drug-likeness (QED) is 0.458. The van der Waals surface area contributed by atoms with E-state index in [0.717, 1.165) is 28.5 Å². The molecule has 7 nitrogen and oxygen atoms in total. The number of aromatic nitrogens is 5. The third-order valence-electron chi connectivity index (χ3n) is 5.19. The van der Waals surface area contributed by atoms with E-state index in [2.05, 4.69) is 20.2 Å². The van der Waals surface area contributed by atoms with Crippen molar-refractivity contribution in [2.75, 3.05) is 17.9 Å². The number of hydrogen-bond donors (Lipinski definition) is 0. The number of nitrogens with zero attached hydrogens (tertiary/aromatic N) is 6. The number of carbonyl (C=O) groups excluding carboxylic acids is 1. The van der Waals surface area contributed by atoms with Crippen LogP contribution in [0.1, 0.15) is 45.6 Å². The first-order valence-corrected chi connectivity index (χ1v) is 9.64. The van der Waals surface area contributed by atoms with E-state index in [0.29, 0.717) is 16.1 Å². The molecule has 3 aromatic heterocycles. The zero-order valence-electron chi connectivity index (χ0n) is 24.9. The van der Waals surface area contributed by atoms with Gasteiger partial charge in [0.15, 0.2) is 5.78 Å². The van der Waals surface area contributed by atoms with Gasteiger partial charge in [-0.05, 0) is 50.0 Å². The highest BCUT2D eigenvalue weighted by Crippen LogP contribution is 2.24. The molecule has 0 saturated carbocycles. The molecular weight excluding hydrogens is 388 g/mol. The Morgan fingerprint density at radius 2 is 1.94 bits per heavy atom. The molecule has 0 spiro atoms. The smallest absolute Gasteiger partial charge is 0.169 e. The van der Waals surface area contributed by atoms with Crippen LogP contribution >= 0.6 is 0 Å². The molecule has 1 saturated heterocycles. The summed E-state index contributed by atoms with van der Waals surface area (Å²) in [7, 11) is 1.92. The van der Waals surface area contributed by atoms with E-state index in [-0.39, 0.29) is 12.0 Å². The summed E-state index contributed by atoms with van der Waals surface area (Å²) >= 11 is 0. The van der Waals surface area contributed by atoms with Crippen LogP contribution in [0.4, 0.5) is 5.82 Å². The molecule has 1 fully saturated rings. The molecule has 31 heavy (non-hydrogen) atoms. The fourth-order valence-corrected chi connectivity index (χ4v) is 3.39. The molecular formula is C24H24N6O. The first kappa shape index (κ1) is 12.3. The van der Waals surface area contributed by atoms with Gasteiger partial charge in [-0.3, -0.25) is 4.79 Å². The monoisotopic (exact) mass is 420 g/mol. The van der Waals surface area contributed by atoms with Crippen LogP contribution in [-0.2, 0) is 13.5 Å². The molecule has 0 atom stereocenters. The summed E-state index contributed by atoms with van der Waals surface area (Å²) in [6.45, 7) is -4.28. The molecule has 4 heterocycles. The highest BCUT2D eigenvalue weighted by atomic mass is 16.1. The van der Waals surface area contributed by atoms with Crippen molar-refractivity contribution >= 4 is 22.5 Å². The predicted molar refractivity (Wildman–Crippen MR) is 120 cm³/mol. The number of imidazole rings is 1. The number of pyridine rings is 1. The second kappa shape index (κ2) is 7.91. The predicted octanol–water partition coefficient (Wildman–Crippen LogP) is 3.76. The third kappa shape index (κ3) is 3.79. The summed E-state index contributed by atoms with van der Waals surface area (Å²) in [4.78, 5) is 21.8. The Hall–Kier alpha value is -3.61. The van der Waals surface area contributed by atoms with Gasteiger partial charge in [0.05, 0.1) is 29.5 Å². The Balaban J connectivity index is 1.45. The standard InChI is InChI=1S/C24H24N6O/c1-16-26-15-22(29(16)2)17-5-6-21-19(11-17)12-20(27-28-21)14-23(31)18-7-8-25-24(13-18)30-9-3-4-10-30/h5-8,11-13,15H,3-4,9-10,14H2,1-2H3/i3D2,4D2,9D2,10D2. The van der Waals surface area contributed by atoms with Crippen molar-refractivity contribution in [1.82, 2.24) is 24.7 Å². The summed E-state index contributed by atoms with van der Waals surface area (Å²) in [6.07, 6.45) is -3.63. The summed E-state index contributed by atoms with van der Waals surface area (Å²) in [5.41, 5.74) is 2.92. The molecule has 1 aliphatic rings. The van der Waals surface area contributed by atoms with Crippen molar-refractivity contribution in [3.8, 4) is 11.3 Å². The maximum absolute atomic E-state index is 13.2. The first-order chi connectivity index (χ1) is 18.1. The number of aryl methyl sites for hydroxylation is 1. The van der Waals surface area contributed by atoms with Crippen LogP contribution in [0, 0.1) is 6.92 Å². The van der Waals surface area contributed by atoms with E-state index in [1.54, 1.807) is 12.3 Å². The number of rotatable bonds is 5. The van der Waals surface area contributed by atoms with Gasteiger partial charge in [0.2, 0.25) is 0 Å². The van der Waals surface area contributed by atoms with Crippen molar-refractivity contribution in [3.05, 3.63) is 65.9 Å². The fraction of sp³-hybridized carbons (Fsp3) is 0.292. The summed E-state index contributed by atoms with van der Waals surface area (Å²) in [6, 6.07) is 9.92. The van der Waals surface area contributed by atoms with E-state index < -0.39 is 37.3 Å². The Morgan fingerprint density at radius 3 is 2.71 bits per heavy atom. The van der Waals surface area contributed by atoms with Crippen LogP contribution in [0.25, 0.3) is 22.2 Å². The molecule has 0 bridgehead atoms. The molecule has 0 radical (unpaired) electrons. The van der Waals surface area contributed by atoms with Crippen LogP contribution in [-0.4, -0.2) is 43.5 Å². The van der Waals surface area contributed by atoms with E-state index in [1.165, 1.54) is 12.3 Å². The molecule has 5 rings (SSSR count). The maximum Gasteiger partial charge on any atom is 0.169 e. The van der Waals surface area contributed by atoms with Gasteiger partial charge in [0, 0.05) is 53.7 Å². The molecule has 1 aromatic carbocycles. The lowest BCUT2D eigenvalue weighted by Crippen LogP contribution is -2.19. The lowest BCUT2D eigenvalue weighted by Gasteiger charge is -2.16. The van der Waals surface area contributed by atoms with Gasteiger partial charge in [-0.1, -0.05) is 6.07 Å². The number of benzene rings is 1. The maximum atomic E-state index is 13.2. The Labute approximate surface area is 192 Å². The van der Waals surface area contributed by atoms with Gasteiger partial charge in [0.1, 0.15) is 11.6 Å². The van der Waals surface area contributed by atoms with Crippen molar-refractivity contribution in [2.45, 2.75) is 26.1 Å². The molecule has 0 unspecified atom stereocenters. The van der Waals surface area contributed by atoms with Crippen LogP contribution in [0.2, 0.25) is 0 Å². The summed E-state index contributed by atoms with van der Waals surface area (Å²) in [5, 5.41) is 9.13. The zero-order chi connectivity index (χ0) is 28.5. The molecule has 4 aromatic rings. The minimum Gasteiger partial charge on any atom is -0.357 e. The van der Waals surface area contributed by atoms with E-state index >= 15 is 0 Å². The average molecular weight is 421 g/mol. The van der Waals surface area contributed by atoms with Gasteiger partial charge >= 0.3 is 0 Å². The van der Waals surface area contributed by atoms with E-state index in [9.17, 15) is 4.79 Å². The molecule has 0 amide bonds. The van der Waals surface area contributed by atoms with E-state index in [1.807, 2.05) is 36.7 Å². The number of hydrogen-bond acceptors (Lipinski definition) is 6. The highest BCUT2D eigenvalue weighted by molar-refractivity contribution is 5.98. The Kier molecular flexibility index (Phi) is 3.14. The van der Waals surface area contributed by atoms with Crippen molar-refractivity contribution in [2.24, 2.45) is 7.05 Å². The van der Waals surface area contributed by atoms with Crippen molar-refractivity contribution < 1.29 is 15.8 Å². The van der Waals surface area contributed by atoms with Crippen LogP contribution in [0.3, 0.4) is 0 Å². The Morgan fingerprint density at radius 1 is 1.10 bits per heavy atom. The fourth-order valence-electron chi connectivity index (χ4n) is 3.39. The lowest BCUT2D eigenvalue weighted by molar-refractivity contribution is 0.0991. The second-order valence-corrected chi connectivity index (χ2v) is 7.17. The zero-order valence-corrected chi connectivity index (χ0v) is 16.9. The topological polar surface area (TPSA) is 76.8 Å².